The number of furan rings is 1. The van der Waals surface area contributed by atoms with Crippen molar-refractivity contribution < 1.29 is 14.0 Å². The Kier molecular flexibility index (Phi) is 4.46. The normalized spacial score (nSPS) is 13.7. The average molecular weight is 580 g/mol. The maximum absolute atomic E-state index is 9.93. The predicted molar refractivity (Wildman–Crippen MR) is 190 cm³/mol. The molecule has 0 amide bonds. The second kappa shape index (κ2) is 10.4. The lowest BCUT2D eigenvalue weighted by atomic mass is 9.83. The maximum atomic E-state index is 9.93. The summed E-state index contributed by atoms with van der Waals surface area (Å²) in [6, 6.07) is 38.3. The molecule has 9 rings (SSSR count). The molecule has 0 saturated heterocycles. The summed E-state index contributed by atoms with van der Waals surface area (Å²) in [6.45, 7) is 0. The van der Waals surface area contributed by atoms with Crippen LogP contribution in [0.2, 0.25) is 0 Å². The molecule has 1 nitrogen and oxygen atoms in total. The van der Waals surface area contributed by atoms with Gasteiger partial charge in [-0.25, -0.2) is 0 Å². The van der Waals surface area contributed by atoms with E-state index in [1.54, 1.807) is 0 Å². The van der Waals surface area contributed by atoms with Crippen molar-refractivity contribution in [2.24, 2.45) is 0 Å². The maximum Gasteiger partial charge on any atom is 0.136 e. The van der Waals surface area contributed by atoms with Crippen molar-refractivity contribution in [3.05, 3.63) is 170 Å². The highest BCUT2D eigenvalue weighted by Gasteiger charge is 2.21. The molecule has 0 aliphatic heterocycles. The van der Waals surface area contributed by atoms with Crippen molar-refractivity contribution in [2.45, 2.75) is 0 Å². The molecule has 0 aliphatic carbocycles. The lowest BCUT2D eigenvalue weighted by molar-refractivity contribution is 0.669. The van der Waals surface area contributed by atoms with Crippen LogP contribution in [0.4, 0.5) is 0 Å². The Morgan fingerprint density at radius 1 is 0.400 bits per heavy atom. The summed E-state index contributed by atoms with van der Waals surface area (Å²) in [7, 11) is 0. The molecular weight excluding hydrogens is 544 g/mol. The molecule has 1 heteroatoms. The van der Waals surface area contributed by atoms with Crippen molar-refractivity contribution in [2.75, 3.05) is 0 Å². The summed E-state index contributed by atoms with van der Waals surface area (Å²) >= 11 is 0. The molecule has 0 spiro atoms. The first-order valence-electron chi connectivity index (χ1n) is 18.4. The van der Waals surface area contributed by atoms with Crippen LogP contribution in [-0.2, 0) is 0 Å². The van der Waals surface area contributed by atoms with E-state index in [4.69, 9.17) is 7.16 Å². The number of hydrogen-bond acceptors (Lipinski definition) is 1. The van der Waals surface area contributed by atoms with Crippen LogP contribution in [0.25, 0.3) is 88.0 Å². The van der Waals surface area contributed by atoms with E-state index in [9.17, 15) is 6.85 Å². The van der Waals surface area contributed by atoms with Gasteiger partial charge in [0, 0.05) is 10.8 Å². The summed E-state index contributed by atoms with van der Waals surface area (Å²) in [4.78, 5) is 0. The SMILES string of the molecule is [2H]c1c([2H])c([2H])c2c(-c3cccc4oc5ccccc5c34)c3c([2H])c([2H])c(-c4ccccc4)c([2H])c3c(-c3cccc(-c4ccccc4)c3)c2c1[2H]. The van der Waals surface area contributed by atoms with Gasteiger partial charge in [-0.2, -0.15) is 0 Å². The average Bonchev–Trinajstić information content (AvgIpc) is 3.57. The molecule has 0 fully saturated rings. The second-order valence-corrected chi connectivity index (χ2v) is 11.1. The van der Waals surface area contributed by atoms with Gasteiger partial charge in [-0.15, -0.1) is 0 Å². The van der Waals surface area contributed by atoms with Gasteiger partial charge >= 0.3 is 0 Å². The topological polar surface area (TPSA) is 13.1 Å². The van der Waals surface area contributed by atoms with Gasteiger partial charge in [-0.05, 0) is 90.3 Å². The molecule has 8 aromatic carbocycles. The molecule has 0 aliphatic rings. The number of para-hydroxylation sites is 1. The monoisotopic (exact) mass is 579 g/mol. The van der Waals surface area contributed by atoms with E-state index < -0.39 is 12.1 Å². The van der Waals surface area contributed by atoms with Crippen molar-refractivity contribution in [1.82, 2.24) is 0 Å². The summed E-state index contributed by atoms with van der Waals surface area (Å²) in [5.74, 6) is 0. The zero-order valence-electron chi connectivity index (χ0n) is 31.0. The number of fused-ring (bicyclic) bond motifs is 5. The van der Waals surface area contributed by atoms with Gasteiger partial charge in [0.05, 0.1) is 9.60 Å². The highest BCUT2D eigenvalue weighted by molar-refractivity contribution is 6.26. The fourth-order valence-corrected chi connectivity index (χ4v) is 6.49. The highest BCUT2D eigenvalue weighted by atomic mass is 16.3. The van der Waals surface area contributed by atoms with Gasteiger partial charge < -0.3 is 4.42 Å². The summed E-state index contributed by atoms with van der Waals surface area (Å²) < 4.78 is 72.0. The predicted octanol–water partition coefficient (Wildman–Crippen LogP) is 12.6. The highest BCUT2D eigenvalue weighted by Crippen LogP contribution is 2.48. The number of rotatable bonds is 4. The van der Waals surface area contributed by atoms with Crippen molar-refractivity contribution in [1.29, 1.82) is 0 Å². The van der Waals surface area contributed by atoms with Crippen LogP contribution < -0.4 is 0 Å². The van der Waals surface area contributed by atoms with Gasteiger partial charge in [0.2, 0.25) is 0 Å². The third-order valence-corrected chi connectivity index (χ3v) is 8.49. The first-order valence-corrected chi connectivity index (χ1v) is 14.9. The molecule has 1 aromatic heterocycles. The third kappa shape index (κ3) is 4.17. The van der Waals surface area contributed by atoms with E-state index in [0.29, 0.717) is 44.4 Å². The molecule has 1 heterocycles. The lowest BCUT2D eigenvalue weighted by Crippen LogP contribution is -1.92. The quantitative estimate of drug-likeness (QED) is 0.189. The fourth-order valence-electron chi connectivity index (χ4n) is 6.49. The Bertz CT molecular complexity index is 2920. The van der Waals surface area contributed by atoms with Crippen molar-refractivity contribution >= 4 is 43.5 Å². The zero-order chi connectivity index (χ0) is 35.8. The Labute approximate surface area is 271 Å². The van der Waals surface area contributed by atoms with E-state index in [-0.39, 0.29) is 51.9 Å². The molecule has 0 saturated carbocycles. The number of benzene rings is 8. The van der Waals surface area contributed by atoms with E-state index >= 15 is 0 Å². The fraction of sp³-hybridized carbons (Fsp3) is 0. The van der Waals surface area contributed by atoms with Crippen LogP contribution in [0.3, 0.4) is 0 Å². The molecule has 0 N–H and O–H groups in total. The molecule has 210 valence electrons. The summed E-state index contributed by atoms with van der Waals surface area (Å²) in [6.07, 6.45) is 0. The minimum Gasteiger partial charge on any atom is -0.456 e. The molecular formula is C44H28O. The van der Waals surface area contributed by atoms with E-state index in [1.165, 1.54) is 0 Å². The Morgan fingerprint density at radius 2 is 1.00 bits per heavy atom. The third-order valence-electron chi connectivity index (χ3n) is 8.49. The molecule has 0 unspecified atom stereocenters. The molecule has 9 aromatic rings. The first-order chi connectivity index (χ1) is 25.3. The van der Waals surface area contributed by atoms with Crippen LogP contribution >= 0.6 is 0 Å². The van der Waals surface area contributed by atoms with E-state index in [0.717, 1.165) is 21.9 Å². The van der Waals surface area contributed by atoms with Crippen LogP contribution in [0.1, 0.15) is 9.60 Å². The van der Waals surface area contributed by atoms with Gasteiger partial charge in [-0.1, -0.05) is 145 Å². The summed E-state index contributed by atoms with van der Waals surface area (Å²) in [5.41, 5.74) is 5.95. The standard InChI is InChI=1S/C44H28O/c1-3-13-29(14-4-1)31-17-11-18-33(27-31)42-34-19-7-8-20-35(34)43(36-26-25-32(28-39(36)42)30-15-5-2-6-16-30)38-22-12-24-41-44(38)37-21-9-10-23-40(37)45-41/h1-28H/i7D,8D,19D,20D,25D,26D,28D. The van der Waals surface area contributed by atoms with Gasteiger partial charge in [0.15, 0.2) is 0 Å². The van der Waals surface area contributed by atoms with Gasteiger partial charge in [0.1, 0.15) is 11.2 Å². The van der Waals surface area contributed by atoms with Crippen molar-refractivity contribution in [3.63, 3.8) is 0 Å². The smallest absolute Gasteiger partial charge is 0.136 e. The van der Waals surface area contributed by atoms with Crippen LogP contribution in [0, 0.1) is 0 Å². The Hall–Kier alpha value is -5.92. The minimum absolute atomic E-state index is 0.00195. The van der Waals surface area contributed by atoms with Gasteiger partial charge in [-0.3, -0.25) is 0 Å². The van der Waals surface area contributed by atoms with E-state index in [2.05, 4.69) is 0 Å². The number of hydrogen-bond donors (Lipinski definition) is 0. The zero-order valence-corrected chi connectivity index (χ0v) is 24.0. The van der Waals surface area contributed by atoms with Crippen molar-refractivity contribution in [3.8, 4) is 44.5 Å². The second-order valence-electron chi connectivity index (χ2n) is 11.1. The first kappa shape index (κ1) is 19.4. The minimum atomic E-state index is -0.407. The van der Waals surface area contributed by atoms with E-state index in [1.807, 2.05) is 127 Å². The van der Waals surface area contributed by atoms with Crippen LogP contribution in [0.15, 0.2) is 174 Å². The van der Waals surface area contributed by atoms with Gasteiger partial charge in [0.25, 0.3) is 0 Å². The molecule has 45 heavy (non-hydrogen) atoms. The van der Waals surface area contributed by atoms with Crippen LogP contribution in [-0.4, -0.2) is 0 Å². The largest absolute Gasteiger partial charge is 0.456 e. The Balaban J connectivity index is 1.58. The molecule has 0 atom stereocenters. The van der Waals surface area contributed by atoms with Crippen LogP contribution in [0.5, 0.6) is 0 Å². The molecule has 0 bridgehead atoms. The summed E-state index contributed by atoms with van der Waals surface area (Å²) in [5, 5.41) is 2.59. The lowest BCUT2D eigenvalue weighted by Gasteiger charge is -2.19. The Morgan fingerprint density at radius 3 is 1.80 bits per heavy atom. The molecule has 0 radical (unpaired) electrons.